The first-order chi connectivity index (χ1) is 2.64. The van der Waals surface area contributed by atoms with Gasteiger partial charge in [-0.3, -0.25) is 0 Å². The maximum absolute atomic E-state index is 3.66. The first kappa shape index (κ1) is 10.1. The second-order valence-corrected chi connectivity index (χ2v) is 1.56. The van der Waals surface area contributed by atoms with Crippen LogP contribution >= 0.6 is 0 Å². The van der Waals surface area contributed by atoms with Crippen LogP contribution in [0.2, 0.25) is 0 Å². The fourth-order valence-electron chi connectivity index (χ4n) is 0. The van der Waals surface area contributed by atoms with Gasteiger partial charge in [-0.25, -0.2) is 0 Å². The summed E-state index contributed by atoms with van der Waals surface area (Å²) in [7, 11) is 0. The molecule has 0 heterocycles. The summed E-state index contributed by atoms with van der Waals surface area (Å²) in [4.78, 5) is 0. The topological polar surface area (TPSA) is 0 Å². The Morgan fingerprint density at radius 1 is 1.00 bits per heavy atom. The minimum absolute atomic E-state index is 0. The molecule has 7 heavy (non-hydrogen) atoms. The molecule has 0 fully saturated rings. The van der Waals surface area contributed by atoms with E-state index in [4.69, 9.17) is 0 Å². The van der Waals surface area contributed by atoms with Crippen molar-refractivity contribution in [3.8, 4) is 0 Å². The van der Waals surface area contributed by atoms with Gasteiger partial charge in [0.1, 0.15) is 0 Å². The van der Waals surface area contributed by atoms with Gasteiger partial charge in [0.15, 0.2) is 0 Å². The Kier molecular flexibility index (Phi) is 6.00. The molecule has 0 spiro atoms. The molecule has 42 valence electrons. The molecule has 0 unspecified atom stereocenters. The number of rotatable bonds is 1. The summed E-state index contributed by atoms with van der Waals surface area (Å²) in [6, 6.07) is 0. The second-order valence-electron chi connectivity index (χ2n) is 1.56. The van der Waals surface area contributed by atoms with Crippen molar-refractivity contribution in [1.29, 1.82) is 0 Å². The summed E-state index contributed by atoms with van der Waals surface area (Å²) in [5.41, 5.74) is 2.13. The number of allylic oxidation sites excluding steroid dienone is 2. The van der Waals surface area contributed by atoms with Crippen LogP contribution in [-0.4, -0.2) is 0 Å². The van der Waals surface area contributed by atoms with E-state index in [-0.39, 0.29) is 17.1 Å². The molecule has 0 saturated carbocycles. The van der Waals surface area contributed by atoms with E-state index >= 15 is 0 Å². The van der Waals surface area contributed by atoms with Crippen LogP contribution < -0.4 is 0 Å². The summed E-state index contributed by atoms with van der Waals surface area (Å²) in [6.07, 6.45) is 0. The van der Waals surface area contributed by atoms with Gasteiger partial charge in [0, 0.05) is 17.1 Å². The van der Waals surface area contributed by atoms with Crippen molar-refractivity contribution in [2.75, 3.05) is 0 Å². The number of hydrogen-bond acceptors (Lipinski definition) is 0. The van der Waals surface area contributed by atoms with Crippen LogP contribution in [0.3, 0.4) is 0 Å². The maximum atomic E-state index is 3.66. The SMILES string of the molecule is C=C(C)C(=C)C.[Fe]. The standard InChI is InChI=1S/C6H10.Fe/c1-5(2)6(3)4;/h1,3H2,2,4H3;. The molecule has 0 aliphatic carbocycles. The van der Waals surface area contributed by atoms with Gasteiger partial charge in [-0.15, -0.1) is 0 Å². The first-order valence-corrected chi connectivity index (χ1v) is 1.96. The Hall–Kier alpha value is -0.000519. The third-order valence-electron chi connectivity index (χ3n) is 0.729. The van der Waals surface area contributed by atoms with Crippen molar-refractivity contribution in [1.82, 2.24) is 0 Å². The van der Waals surface area contributed by atoms with E-state index in [1.54, 1.807) is 0 Å². The van der Waals surface area contributed by atoms with Gasteiger partial charge in [0.05, 0.1) is 0 Å². The number of hydrogen-bond donors (Lipinski definition) is 0. The van der Waals surface area contributed by atoms with E-state index < -0.39 is 0 Å². The van der Waals surface area contributed by atoms with E-state index in [9.17, 15) is 0 Å². The largest absolute Gasteiger partial charge is 0.0959 e. The Labute approximate surface area is 55.8 Å². The molecule has 0 aromatic rings. The predicted molar refractivity (Wildman–Crippen MR) is 29.6 cm³/mol. The maximum Gasteiger partial charge on any atom is 0 e. The monoisotopic (exact) mass is 138 g/mol. The fraction of sp³-hybridized carbons (Fsp3) is 0.333. The molecule has 0 aliphatic heterocycles. The molecule has 0 radical (unpaired) electrons. The van der Waals surface area contributed by atoms with Gasteiger partial charge in [-0.05, 0) is 13.8 Å². The smallest absolute Gasteiger partial charge is 0 e. The summed E-state index contributed by atoms with van der Waals surface area (Å²) in [6.45, 7) is 11.2. The Morgan fingerprint density at radius 3 is 1.14 bits per heavy atom. The van der Waals surface area contributed by atoms with Gasteiger partial charge < -0.3 is 0 Å². The van der Waals surface area contributed by atoms with Gasteiger partial charge in [-0.1, -0.05) is 24.3 Å². The molecule has 0 nitrogen and oxygen atoms in total. The molecule has 0 amide bonds. The molecule has 1 heteroatoms. The Morgan fingerprint density at radius 2 is 1.14 bits per heavy atom. The van der Waals surface area contributed by atoms with Crippen LogP contribution in [0, 0.1) is 0 Å². The Bertz CT molecular complexity index is 70.2. The van der Waals surface area contributed by atoms with Gasteiger partial charge >= 0.3 is 0 Å². The quantitative estimate of drug-likeness (QED) is 0.384. The zero-order valence-electron chi connectivity index (χ0n) is 4.77. The van der Waals surface area contributed by atoms with E-state index in [1.807, 2.05) is 13.8 Å². The van der Waals surface area contributed by atoms with Crippen LogP contribution in [-0.2, 0) is 17.1 Å². The molecule has 0 aromatic heterocycles. The summed E-state index contributed by atoms with van der Waals surface area (Å²) in [5.74, 6) is 0. The van der Waals surface area contributed by atoms with Crippen LogP contribution in [0.15, 0.2) is 24.3 Å². The molecule has 0 rings (SSSR count). The van der Waals surface area contributed by atoms with Crippen LogP contribution in [0.5, 0.6) is 0 Å². The molecular formula is C6H10Fe. The summed E-state index contributed by atoms with van der Waals surface area (Å²) >= 11 is 0. The average Bonchev–Trinajstić information content (AvgIpc) is 1.36. The van der Waals surface area contributed by atoms with Crippen molar-refractivity contribution in [3.63, 3.8) is 0 Å². The second kappa shape index (κ2) is 4.17. The van der Waals surface area contributed by atoms with Crippen LogP contribution in [0.25, 0.3) is 0 Å². The fourth-order valence-corrected chi connectivity index (χ4v) is 0. The molecule has 0 aromatic carbocycles. The average molecular weight is 138 g/mol. The van der Waals surface area contributed by atoms with E-state index in [0.29, 0.717) is 0 Å². The molecule has 0 aliphatic rings. The summed E-state index contributed by atoms with van der Waals surface area (Å²) in [5, 5.41) is 0. The van der Waals surface area contributed by atoms with Crippen molar-refractivity contribution in [2.24, 2.45) is 0 Å². The van der Waals surface area contributed by atoms with Crippen LogP contribution in [0.1, 0.15) is 13.8 Å². The van der Waals surface area contributed by atoms with Crippen molar-refractivity contribution in [2.45, 2.75) is 13.8 Å². The molecule has 0 saturated heterocycles. The van der Waals surface area contributed by atoms with E-state index in [1.165, 1.54) is 0 Å². The molecule has 0 atom stereocenters. The normalized spacial score (nSPS) is 6.57. The van der Waals surface area contributed by atoms with E-state index in [2.05, 4.69) is 13.2 Å². The van der Waals surface area contributed by atoms with Gasteiger partial charge in [0.2, 0.25) is 0 Å². The molecule has 0 bridgehead atoms. The minimum atomic E-state index is 0. The minimum Gasteiger partial charge on any atom is -0.0959 e. The third-order valence-corrected chi connectivity index (χ3v) is 0.729. The van der Waals surface area contributed by atoms with Crippen LogP contribution in [0.4, 0.5) is 0 Å². The van der Waals surface area contributed by atoms with Gasteiger partial charge in [-0.2, -0.15) is 0 Å². The van der Waals surface area contributed by atoms with Crippen molar-refractivity contribution in [3.05, 3.63) is 24.3 Å². The molecule has 0 N–H and O–H groups in total. The first-order valence-electron chi connectivity index (χ1n) is 1.96. The predicted octanol–water partition coefficient (Wildman–Crippen LogP) is 2.14. The summed E-state index contributed by atoms with van der Waals surface area (Å²) < 4.78 is 0. The van der Waals surface area contributed by atoms with E-state index in [0.717, 1.165) is 11.1 Å². The third kappa shape index (κ3) is 6.00. The van der Waals surface area contributed by atoms with Crippen molar-refractivity contribution >= 4 is 0 Å². The van der Waals surface area contributed by atoms with Gasteiger partial charge in [0.25, 0.3) is 0 Å². The Balaban J connectivity index is 0. The molecular weight excluding hydrogens is 128 g/mol. The van der Waals surface area contributed by atoms with Crippen molar-refractivity contribution < 1.29 is 17.1 Å². The zero-order chi connectivity index (χ0) is 5.15. The zero-order valence-corrected chi connectivity index (χ0v) is 5.87.